The average molecular weight is 263 g/mol. The highest BCUT2D eigenvalue weighted by atomic mass is 16.3. The Balaban J connectivity index is 2.29. The van der Waals surface area contributed by atoms with E-state index in [0.29, 0.717) is 18.9 Å². The van der Waals surface area contributed by atoms with E-state index in [2.05, 4.69) is 31.3 Å². The topological polar surface area (TPSA) is 49.3 Å². The number of rotatable bonds is 7. The Kier molecular flexibility index (Phi) is 6.57. The number of carbonyl (C=O) groups is 1. The molecule has 0 aliphatic carbocycles. The third kappa shape index (κ3) is 5.88. The van der Waals surface area contributed by atoms with Crippen molar-refractivity contribution >= 4 is 5.91 Å². The second kappa shape index (κ2) is 7.95. The largest absolute Gasteiger partial charge is 0.396 e. The molecule has 1 rings (SSSR count). The van der Waals surface area contributed by atoms with Gasteiger partial charge in [-0.1, -0.05) is 25.1 Å². The maximum absolute atomic E-state index is 11.8. The molecule has 0 saturated carbocycles. The van der Waals surface area contributed by atoms with Crippen LogP contribution in [0, 0.1) is 19.8 Å². The Morgan fingerprint density at radius 2 is 2.05 bits per heavy atom. The van der Waals surface area contributed by atoms with Gasteiger partial charge in [0.05, 0.1) is 6.42 Å². The molecule has 0 aliphatic rings. The minimum Gasteiger partial charge on any atom is -0.396 e. The van der Waals surface area contributed by atoms with Gasteiger partial charge in [0, 0.05) is 13.2 Å². The van der Waals surface area contributed by atoms with E-state index < -0.39 is 0 Å². The van der Waals surface area contributed by atoms with Gasteiger partial charge in [-0.2, -0.15) is 0 Å². The molecule has 0 heterocycles. The lowest BCUT2D eigenvalue weighted by Gasteiger charge is -2.09. The molecule has 0 radical (unpaired) electrons. The average Bonchev–Trinajstić information content (AvgIpc) is 2.38. The summed E-state index contributed by atoms with van der Waals surface area (Å²) in [6, 6.07) is 6.14. The zero-order valence-corrected chi connectivity index (χ0v) is 12.2. The van der Waals surface area contributed by atoms with E-state index in [4.69, 9.17) is 5.11 Å². The first-order valence-corrected chi connectivity index (χ1v) is 6.96. The molecule has 1 aromatic rings. The molecular formula is C16H25NO2. The van der Waals surface area contributed by atoms with Crippen LogP contribution in [0.3, 0.4) is 0 Å². The van der Waals surface area contributed by atoms with Crippen molar-refractivity contribution in [2.75, 3.05) is 13.2 Å². The van der Waals surface area contributed by atoms with Gasteiger partial charge in [-0.05, 0) is 49.3 Å². The van der Waals surface area contributed by atoms with E-state index in [1.54, 1.807) is 0 Å². The quantitative estimate of drug-likeness (QED) is 0.742. The monoisotopic (exact) mass is 263 g/mol. The number of hydrogen-bond acceptors (Lipinski definition) is 2. The van der Waals surface area contributed by atoms with Gasteiger partial charge in [0.2, 0.25) is 5.91 Å². The zero-order chi connectivity index (χ0) is 14.3. The van der Waals surface area contributed by atoms with Gasteiger partial charge in [0.1, 0.15) is 0 Å². The second-order valence-corrected chi connectivity index (χ2v) is 5.38. The summed E-state index contributed by atoms with van der Waals surface area (Å²) in [5.41, 5.74) is 3.54. The third-order valence-corrected chi connectivity index (χ3v) is 3.44. The minimum absolute atomic E-state index is 0.0694. The standard InChI is InChI=1S/C16H25NO2/c1-12(11-18)5-4-8-17-16(19)10-15-7-6-13(2)14(3)9-15/h6-7,9,12,18H,4-5,8,10-11H2,1-3H3,(H,17,19). The van der Waals surface area contributed by atoms with Crippen LogP contribution in [0.25, 0.3) is 0 Å². The number of aliphatic hydroxyl groups is 1. The normalized spacial score (nSPS) is 12.2. The van der Waals surface area contributed by atoms with Crippen LogP contribution in [-0.4, -0.2) is 24.2 Å². The molecule has 3 nitrogen and oxygen atoms in total. The van der Waals surface area contributed by atoms with Gasteiger partial charge < -0.3 is 10.4 Å². The van der Waals surface area contributed by atoms with Crippen molar-refractivity contribution in [3.63, 3.8) is 0 Å². The van der Waals surface area contributed by atoms with Crippen molar-refractivity contribution in [3.8, 4) is 0 Å². The summed E-state index contributed by atoms with van der Waals surface area (Å²) < 4.78 is 0. The number of amides is 1. The zero-order valence-electron chi connectivity index (χ0n) is 12.2. The third-order valence-electron chi connectivity index (χ3n) is 3.44. The predicted molar refractivity (Wildman–Crippen MR) is 78.1 cm³/mol. The van der Waals surface area contributed by atoms with Gasteiger partial charge in [0.15, 0.2) is 0 Å². The van der Waals surface area contributed by atoms with Crippen molar-refractivity contribution in [2.45, 2.75) is 40.0 Å². The van der Waals surface area contributed by atoms with Crippen molar-refractivity contribution in [1.29, 1.82) is 0 Å². The summed E-state index contributed by atoms with van der Waals surface area (Å²) in [5, 5.41) is 11.8. The number of hydrogen-bond donors (Lipinski definition) is 2. The summed E-state index contributed by atoms with van der Waals surface area (Å²) in [4.78, 5) is 11.8. The van der Waals surface area contributed by atoms with Crippen LogP contribution in [-0.2, 0) is 11.2 Å². The molecule has 0 saturated heterocycles. The molecule has 3 heteroatoms. The highest BCUT2D eigenvalue weighted by Crippen LogP contribution is 2.10. The molecule has 1 amide bonds. The van der Waals surface area contributed by atoms with E-state index in [0.717, 1.165) is 18.4 Å². The summed E-state index contributed by atoms with van der Waals surface area (Å²) in [6.07, 6.45) is 2.30. The smallest absolute Gasteiger partial charge is 0.224 e. The first kappa shape index (κ1) is 15.7. The Morgan fingerprint density at radius 1 is 1.32 bits per heavy atom. The molecule has 1 aromatic carbocycles. The van der Waals surface area contributed by atoms with E-state index in [1.807, 2.05) is 13.0 Å². The predicted octanol–water partition coefficient (Wildman–Crippen LogP) is 2.37. The van der Waals surface area contributed by atoms with Crippen molar-refractivity contribution in [3.05, 3.63) is 34.9 Å². The van der Waals surface area contributed by atoms with Crippen LogP contribution in [0.4, 0.5) is 0 Å². The first-order valence-electron chi connectivity index (χ1n) is 6.96. The van der Waals surface area contributed by atoms with E-state index in [9.17, 15) is 4.79 Å². The Labute approximate surface area is 116 Å². The van der Waals surface area contributed by atoms with Crippen molar-refractivity contribution in [2.24, 2.45) is 5.92 Å². The molecule has 0 aliphatic heterocycles. The molecule has 0 aromatic heterocycles. The summed E-state index contributed by atoms with van der Waals surface area (Å²) in [6.45, 7) is 7.05. The first-order chi connectivity index (χ1) is 9.02. The van der Waals surface area contributed by atoms with Crippen LogP contribution in [0.5, 0.6) is 0 Å². The highest BCUT2D eigenvalue weighted by Gasteiger charge is 2.05. The van der Waals surface area contributed by atoms with Crippen LogP contribution in [0.1, 0.15) is 36.5 Å². The maximum atomic E-state index is 11.8. The van der Waals surface area contributed by atoms with Gasteiger partial charge in [0.25, 0.3) is 0 Å². The van der Waals surface area contributed by atoms with Crippen LogP contribution in [0.15, 0.2) is 18.2 Å². The van der Waals surface area contributed by atoms with Crippen LogP contribution >= 0.6 is 0 Å². The Bertz CT molecular complexity index is 415. The lowest BCUT2D eigenvalue weighted by atomic mass is 10.0. The van der Waals surface area contributed by atoms with Gasteiger partial charge >= 0.3 is 0 Å². The number of benzene rings is 1. The Hall–Kier alpha value is -1.35. The van der Waals surface area contributed by atoms with E-state index in [-0.39, 0.29) is 12.5 Å². The van der Waals surface area contributed by atoms with Gasteiger partial charge in [-0.15, -0.1) is 0 Å². The Morgan fingerprint density at radius 3 is 2.68 bits per heavy atom. The van der Waals surface area contributed by atoms with E-state index in [1.165, 1.54) is 11.1 Å². The number of carbonyl (C=O) groups excluding carboxylic acids is 1. The number of aryl methyl sites for hydroxylation is 2. The summed E-state index contributed by atoms with van der Waals surface area (Å²) in [5.74, 6) is 0.386. The molecule has 0 bridgehead atoms. The molecule has 1 atom stereocenters. The fraction of sp³-hybridized carbons (Fsp3) is 0.562. The number of nitrogens with one attached hydrogen (secondary N) is 1. The summed E-state index contributed by atoms with van der Waals surface area (Å²) >= 11 is 0. The van der Waals surface area contributed by atoms with Crippen molar-refractivity contribution in [1.82, 2.24) is 5.32 Å². The highest BCUT2D eigenvalue weighted by molar-refractivity contribution is 5.78. The summed E-state index contributed by atoms with van der Waals surface area (Å²) in [7, 11) is 0. The van der Waals surface area contributed by atoms with Crippen LogP contribution < -0.4 is 5.32 Å². The molecule has 106 valence electrons. The molecular weight excluding hydrogens is 238 g/mol. The molecule has 0 fully saturated rings. The number of aliphatic hydroxyl groups excluding tert-OH is 1. The molecule has 1 unspecified atom stereocenters. The SMILES string of the molecule is Cc1ccc(CC(=O)NCCCC(C)CO)cc1C. The molecule has 19 heavy (non-hydrogen) atoms. The molecule has 2 N–H and O–H groups in total. The lowest BCUT2D eigenvalue weighted by Crippen LogP contribution is -2.26. The fourth-order valence-corrected chi connectivity index (χ4v) is 1.93. The maximum Gasteiger partial charge on any atom is 0.224 e. The fourth-order valence-electron chi connectivity index (χ4n) is 1.93. The van der Waals surface area contributed by atoms with Crippen LogP contribution in [0.2, 0.25) is 0 Å². The van der Waals surface area contributed by atoms with E-state index >= 15 is 0 Å². The van der Waals surface area contributed by atoms with Gasteiger partial charge in [-0.25, -0.2) is 0 Å². The van der Waals surface area contributed by atoms with Gasteiger partial charge in [-0.3, -0.25) is 4.79 Å². The lowest BCUT2D eigenvalue weighted by molar-refractivity contribution is -0.120. The second-order valence-electron chi connectivity index (χ2n) is 5.38. The van der Waals surface area contributed by atoms with Crippen molar-refractivity contribution < 1.29 is 9.90 Å². The minimum atomic E-state index is 0.0694. The molecule has 0 spiro atoms.